The van der Waals surface area contributed by atoms with E-state index < -0.39 is 17.5 Å². The summed E-state index contributed by atoms with van der Waals surface area (Å²) in [6, 6.07) is 9.66. The summed E-state index contributed by atoms with van der Waals surface area (Å²) in [7, 11) is 0. The van der Waals surface area contributed by atoms with E-state index in [1.54, 1.807) is 24.3 Å². The number of benzene rings is 2. The highest BCUT2D eigenvalue weighted by atomic mass is 35.5. The molecule has 0 saturated carbocycles. The molecule has 2 aromatic carbocycles. The number of aromatic amines is 1. The lowest BCUT2D eigenvalue weighted by molar-refractivity contribution is 0.136. The Morgan fingerprint density at radius 1 is 1.33 bits per heavy atom. The number of hydrogen-bond donors (Lipinski definition) is 5. The largest absolute Gasteiger partial charge is 0.374 e. The van der Waals surface area contributed by atoms with Crippen molar-refractivity contribution in [1.82, 2.24) is 15.7 Å². The number of pyridine rings is 1. The first-order chi connectivity index (χ1) is 12.9. The quantitative estimate of drug-likeness (QED) is 0.193. The van der Waals surface area contributed by atoms with Gasteiger partial charge in [-0.2, -0.15) is 0 Å². The number of hydrazine groups is 1. The molecule has 6 N–H and O–H groups in total. The van der Waals surface area contributed by atoms with Crippen LogP contribution in [-0.4, -0.2) is 15.1 Å². The van der Waals surface area contributed by atoms with Gasteiger partial charge in [0.05, 0.1) is 11.1 Å². The number of nitrogens with two attached hydrogens (primary N) is 1. The average Bonchev–Trinajstić information content (AvgIpc) is 2.67. The van der Waals surface area contributed by atoms with E-state index in [-0.39, 0.29) is 27.0 Å². The molecule has 3 aromatic rings. The Labute approximate surface area is 164 Å². The van der Waals surface area contributed by atoms with Crippen LogP contribution in [0.25, 0.3) is 10.9 Å². The fraction of sp³-hybridized carbons (Fsp3) is 0.111. The molecule has 0 spiro atoms. The highest BCUT2D eigenvalue weighted by molar-refractivity contribution is 7.80. The van der Waals surface area contributed by atoms with Crippen LogP contribution in [0.3, 0.4) is 0 Å². The Hall–Kier alpha value is -2.36. The molecule has 1 unspecified atom stereocenters. The van der Waals surface area contributed by atoms with Crippen LogP contribution in [0.4, 0.5) is 4.39 Å². The minimum absolute atomic E-state index is 0.0252. The molecular formula is C18H16ClFN4O2S. The molecule has 0 amide bonds. The summed E-state index contributed by atoms with van der Waals surface area (Å²) in [5.74, 6) is 4.61. The van der Waals surface area contributed by atoms with Crippen LogP contribution < -0.4 is 22.0 Å². The lowest BCUT2D eigenvalue weighted by atomic mass is 10.1. The van der Waals surface area contributed by atoms with Crippen LogP contribution >= 0.6 is 23.8 Å². The number of thiocarbonyl (C=S) groups is 1. The number of aromatic nitrogens is 1. The smallest absolute Gasteiger partial charge is 0.196 e. The van der Waals surface area contributed by atoms with Gasteiger partial charge >= 0.3 is 0 Å². The zero-order valence-corrected chi connectivity index (χ0v) is 15.5. The van der Waals surface area contributed by atoms with Crippen LogP contribution in [-0.2, 0) is 6.54 Å². The summed E-state index contributed by atoms with van der Waals surface area (Å²) < 4.78 is 14.3. The van der Waals surface area contributed by atoms with E-state index in [4.69, 9.17) is 29.7 Å². The van der Waals surface area contributed by atoms with E-state index in [0.29, 0.717) is 11.6 Å². The van der Waals surface area contributed by atoms with Gasteiger partial charge in [-0.3, -0.25) is 10.1 Å². The molecule has 3 rings (SSSR count). The Morgan fingerprint density at radius 3 is 2.70 bits per heavy atom. The molecule has 9 heteroatoms. The van der Waals surface area contributed by atoms with E-state index in [1.807, 2.05) is 0 Å². The maximum absolute atomic E-state index is 14.3. The minimum atomic E-state index is -1.25. The summed E-state index contributed by atoms with van der Waals surface area (Å²) in [5.41, 5.74) is 2.97. The van der Waals surface area contributed by atoms with Gasteiger partial charge in [-0.05, 0) is 29.8 Å². The molecule has 6 nitrogen and oxygen atoms in total. The van der Waals surface area contributed by atoms with Crippen molar-refractivity contribution >= 4 is 39.7 Å². The SMILES string of the molecule is NNC(=S)c1cc(F)c2[nH]cc(C(O)NCc3ccc(Cl)cc3)c(=O)c2c1. The third-order valence-electron chi connectivity index (χ3n) is 4.07. The highest BCUT2D eigenvalue weighted by Gasteiger charge is 2.16. The molecule has 1 heterocycles. The van der Waals surface area contributed by atoms with Crippen molar-refractivity contribution in [3.8, 4) is 0 Å². The van der Waals surface area contributed by atoms with Crippen molar-refractivity contribution in [3.63, 3.8) is 0 Å². The second kappa shape index (κ2) is 8.12. The predicted octanol–water partition coefficient (Wildman–Crippen LogP) is 2.24. The third-order valence-corrected chi connectivity index (χ3v) is 4.68. The van der Waals surface area contributed by atoms with Crippen LogP contribution in [0.5, 0.6) is 0 Å². The number of rotatable bonds is 5. The van der Waals surface area contributed by atoms with Gasteiger partial charge in [-0.1, -0.05) is 36.0 Å². The topological polar surface area (TPSA) is 103 Å². The molecule has 0 radical (unpaired) electrons. The number of fused-ring (bicyclic) bond motifs is 1. The maximum atomic E-state index is 14.3. The van der Waals surface area contributed by atoms with Crippen molar-refractivity contribution in [1.29, 1.82) is 0 Å². The average molecular weight is 407 g/mol. The fourth-order valence-corrected chi connectivity index (χ4v) is 2.89. The maximum Gasteiger partial charge on any atom is 0.196 e. The number of nitrogens with one attached hydrogen (secondary N) is 3. The molecule has 0 aliphatic carbocycles. The lowest BCUT2D eigenvalue weighted by Gasteiger charge is -2.14. The van der Waals surface area contributed by atoms with Crippen molar-refractivity contribution in [3.05, 3.63) is 80.3 Å². The van der Waals surface area contributed by atoms with Gasteiger partial charge in [0, 0.05) is 28.7 Å². The van der Waals surface area contributed by atoms with Crippen LogP contribution in [0.1, 0.15) is 22.9 Å². The zero-order valence-electron chi connectivity index (χ0n) is 13.9. The summed E-state index contributed by atoms with van der Waals surface area (Å²) >= 11 is 10.8. The Morgan fingerprint density at radius 2 is 2.04 bits per heavy atom. The monoisotopic (exact) mass is 406 g/mol. The van der Waals surface area contributed by atoms with Crippen molar-refractivity contribution in [2.45, 2.75) is 12.8 Å². The molecule has 0 saturated heterocycles. The van der Waals surface area contributed by atoms with Gasteiger partial charge in [0.25, 0.3) is 0 Å². The van der Waals surface area contributed by atoms with Gasteiger partial charge in [0.15, 0.2) is 5.43 Å². The first kappa shape index (κ1) is 19.4. The Kier molecular flexibility index (Phi) is 5.83. The number of aliphatic hydroxyl groups excluding tert-OH is 1. The Bertz CT molecular complexity index is 1060. The molecule has 0 aliphatic rings. The molecular weight excluding hydrogens is 391 g/mol. The van der Waals surface area contributed by atoms with E-state index >= 15 is 0 Å². The van der Waals surface area contributed by atoms with Gasteiger partial charge in [0.2, 0.25) is 0 Å². The molecule has 0 aliphatic heterocycles. The zero-order chi connectivity index (χ0) is 19.6. The molecule has 27 heavy (non-hydrogen) atoms. The molecule has 1 atom stereocenters. The van der Waals surface area contributed by atoms with Gasteiger partial charge < -0.3 is 15.5 Å². The second-order valence-electron chi connectivity index (χ2n) is 5.84. The summed E-state index contributed by atoms with van der Waals surface area (Å²) in [6.07, 6.45) is 0.0343. The summed E-state index contributed by atoms with van der Waals surface area (Å²) in [4.78, 5) is 15.6. The van der Waals surface area contributed by atoms with Gasteiger partial charge in [-0.15, -0.1) is 0 Å². The van der Waals surface area contributed by atoms with Crippen molar-refractivity contribution in [2.75, 3.05) is 0 Å². The number of aliphatic hydroxyl groups is 1. The highest BCUT2D eigenvalue weighted by Crippen LogP contribution is 2.18. The number of H-pyrrole nitrogens is 1. The number of halogens is 2. The van der Waals surface area contributed by atoms with E-state index in [9.17, 15) is 14.3 Å². The second-order valence-corrected chi connectivity index (χ2v) is 6.68. The third kappa shape index (κ3) is 4.15. The molecule has 0 bridgehead atoms. The van der Waals surface area contributed by atoms with Crippen LogP contribution in [0, 0.1) is 5.82 Å². The van der Waals surface area contributed by atoms with E-state index in [2.05, 4.69) is 15.7 Å². The van der Waals surface area contributed by atoms with E-state index in [1.165, 1.54) is 18.3 Å². The normalized spacial score (nSPS) is 12.1. The first-order valence-corrected chi connectivity index (χ1v) is 8.71. The predicted molar refractivity (Wildman–Crippen MR) is 107 cm³/mol. The van der Waals surface area contributed by atoms with Crippen molar-refractivity contribution in [2.24, 2.45) is 5.84 Å². The van der Waals surface area contributed by atoms with Gasteiger partial charge in [-0.25, -0.2) is 10.2 Å². The molecule has 140 valence electrons. The van der Waals surface area contributed by atoms with Crippen molar-refractivity contribution < 1.29 is 9.50 Å². The van der Waals surface area contributed by atoms with Gasteiger partial charge in [0.1, 0.15) is 17.0 Å². The Balaban J connectivity index is 1.91. The summed E-state index contributed by atoms with van der Waals surface area (Å²) in [6.45, 7) is 0.311. The molecule has 1 aromatic heterocycles. The lowest BCUT2D eigenvalue weighted by Crippen LogP contribution is -2.29. The van der Waals surface area contributed by atoms with Crippen LogP contribution in [0.2, 0.25) is 5.02 Å². The fourth-order valence-electron chi connectivity index (χ4n) is 2.65. The number of hydrogen-bond acceptors (Lipinski definition) is 5. The standard InChI is InChI=1S/C18H16ClFN4O2S/c19-11-3-1-9(2-4-11)7-23-17(26)13-8-22-15-12(16(13)25)5-10(6-14(15)20)18(27)24-21/h1-6,8,17,23,26H,7,21H2,(H,22,25)(H,24,27). The summed E-state index contributed by atoms with van der Waals surface area (Å²) in [5, 5.41) is 13.9. The minimum Gasteiger partial charge on any atom is -0.374 e. The van der Waals surface area contributed by atoms with Crippen LogP contribution in [0.15, 0.2) is 47.4 Å². The molecule has 0 fully saturated rings. The van der Waals surface area contributed by atoms with E-state index in [0.717, 1.165) is 5.56 Å². The first-order valence-electron chi connectivity index (χ1n) is 7.92.